The van der Waals surface area contributed by atoms with Crippen molar-refractivity contribution >= 4 is 22.9 Å². The minimum absolute atomic E-state index is 0.00637. The Labute approximate surface area is 105 Å². The number of hydrogen-bond acceptors (Lipinski definition) is 3. The Morgan fingerprint density at radius 2 is 2.44 bits per heavy atom. The van der Waals surface area contributed by atoms with E-state index in [0.717, 1.165) is 30.3 Å². The van der Waals surface area contributed by atoms with Gasteiger partial charge in [0.05, 0.1) is 22.6 Å². The molecule has 1 N–H and O–H groups in total. The highest BCUT2D eigenvalue weighted by atomic mass is 35.5. The van der Waals surface area contributed by atoms with Gasteiger partial charge in [-0.2, -0.15) is 0 Å². The zero-order chi connectivity index (χ0) is 11.0. The first kappa shape index (κ1) is 11.0. The van der Waals surface area contributed by atoms with Crippen molar-refractivity contribution < 1.29 is 4.74 Å². The summed E-state index contributed by atoms with van der Waals surface area (Å²) in [6.07, 6.45) is 5.14. The quantitative estimate of drug-likeness (QED) is 0.835. The molecule has 1 saturated heterocycles. The predicted molar refractivity (Wildman–Crippen MR) is 67.2 cm³/mol. The fourth-order valence-electron chi connectivity index (χ4n) is 3.06. The Kier molecular flexibility index (Phi) is 2.96. The third kappa shape index (κ3) is 1.61. The number of ether oxygens (including phenoxy) is 1. The number of rotatable bonds is 1. The summed E-state index contributed by atoms with van der Waals surface area (Å²) in [6, 6.07) is 2.16. The molecule has 1 aliphatic heterocycles. The molecule has 2 aliphatic rings. The van der Waals surface area contributed by atoms with E-state index in [0.29, 0.717) is 6.10 Å². The molecule has 88 valence electrons. The largest absolute Gasteiger partial charge is 0.375 e. The van der Waals surface area contributed by atoms with Crippen LogP contribution < -0.4 is 5.32 Å². The van der Waals surface area contributed by atoms with Crippen molar-refractivity contribution in [3.63, 3.8) is 0 Å². The zero-order valence-electron chi connectivity index (χ0n) is 9.17. The summed E-state index contributed by atoms with van der Waals surface area (Å²) in [5, 5.41) is 5.75. The van der Waals surface area contributed by atoms with E-state index in [1.165, 1.54) is 18.4 Å². The molecule has 2 heterocycles. The van der Waals surface area contributed by atoms with Gasteiger partial charge in [0, 0.05) is 12.1 Å². The maximum absolute atomic E-state index is 6.31. The predicted octanol–water partition coefficient (Wildman–Crippen LogP) is 3.16. The molecule has 0 bridgehead atoms. The van der Waals surface area contributed by atoms with Crippen molar-refractivity contribution in [3.8, 4) is 0 Å². The van der Waals surface area contributed by atoms with E-state index in [2.05, 4.69) is 16.8 Å². The minimum atomic E-state index is -0.00637. The Morgan fingerprint density at radius 1 is 1.50 bits per heavy atom. The van der Waals surface area contributed by atoms with Crippen molar-refractivity contribution in [1.29, 1.82) is 0 Å². The van der Waals surface area contributed by atoms with Crippen LogP contribution in [-0.4, -0.2) is 19.3 Å². The van der Waals surface area contributed by atoms with E-state index in [-0.39, 0.29) is 5.54 Å². The molecule has 1 aromatic heterocycles. The molecule has 1 saturated carbocycles. The van der Waals surface area contributed by atoms with Gasteiger partial charge in [-0.25, -0.2) is 0 Å². The van der Waals surface area contributed by atoms with Crippen molar-refractivity contribution in [2.45, 2.75) is 37.3 Å². The number of fused-ring (bicyclic) bond motifs is 1. The molecule has 2 unspecified atom stereocenters. The SMILES string of the molecule is Clc1sccc1C12CCCCC1OCCN2. The van der Waals surface area contributed by atoms with E-state index in [1.807, 2.05) is 0 Å². The Balaban J connectivity index is 2.01. The van der Waals surface area contributed by atoms with Gasteiger partial charge in [0.1, 0.15) is 0 Å². The van der Waals surface area contributed by atoms with Crippen LogP contribution >= 0.6 is 22.9 Å². The monoisotopic (exact) mass is 257 g/mol. The molecule has 4 heteroatoms. The molecule has 1 aliphatic carbocycles. The maximum atomic E-state index is 6.31. The van der Waals surface area contributed by atoms with Crippen LogP contribution in [0.25, 0.3) is 0 Å². The summed E-state index contributed by atoms with van der Waals surface area (Å²) in [5.41, 5.74) is 1.25. The van der Waals surface area contributed by atoms with Crippen LogP contribution in [-0.2, 0) is 10.3 Å². The van der Waals surface area contributed by atoms with E-state index < -0.39 is 0 Å². The Hall–Kier alpha value is -0.0900. The normalized spacial score (nSPS) is 34.7. The molecule has 1 aromatic rings. The van der Waals surface area contributed by atoms with E-state index in [9.17, 15) is 0 Å². The highest BCUT2D eigenvalue weighted by molar-refractivity contribution is 7.14. The van der Waals surface area contributed by atoms with E-state index in [1.54, 1.807) is 11.3 Å². The van der Waals surface area contributed by atoms with Crippen LogP contribution in [0.2, 0.25) is 4.34 Å². The van der Waals surface area contributed by atoms with Gasteiger partial charge in [-0.05, 0) is 24.3 Å². The number of nitrogens with one attached hydrogen (secondary N) is 1. The van der Waals surface area contributed by atoms with E-state index in [4.69, 9.17) is 16.3 Å². The minimum Gasteiger partial charge on any atom is -0.375 e. The molecule has 0 amide bonds. The highest BCUT2D eigenvalue weighted by Crippen LogP contribution is 2.44. The summed E-state index contributed by atoms with van der Waals surface area (Å²) < 4.78 is 6.87. The fourth-order valence-corrected chi connectivity index (χ4v) is 4.15. The maximum Gasteiger partial charge on any atom is 0.0980 e. The average molecular weight is 258 g/mol. The summed E-state index contributed by atoms with van der Waals surface area (Å²) in [6.45, 7) is 1.76. The first-order valence-electron chi connectivity index (χ1n) is 5.93. The Bertz CT molecular complexity index is 367. The van der Waals surface area contributed by atoms with Crippen molar-refractivity contribution in [2.75, 3.05) is 13.2 Å². The number of hydrogen-bond donors (Lipinski definition) is 1. The molecule has 3 rings (SSSR count). The highest BCUT2D eigenvalue weighted by Gasteiger charge is 2.45. The van der Waals surface area contributed by atoms with Gasteiger partial charge in [-0.1, -0.05) is 24.4 Å². The van der Waals surface area contributed by atoms with Crippen LogP contribution in [0.4, 0.5) is 0 Å². The molecule has 0 spiro atoms. The van der Waals surface area contributed by atoms with Crippen molar-refractivity contribution in [2.24, 2.45) is 0 Å². The standard InChI is InChI=1S/C12H16ClNOS/c13-11-9(4-8-16-11)12-5-2-1-3-10(12)15-7-6-14-12/h4,8,10,14H,1-3,5-7H2. The van der Waals surface area contributed by atoms with Gasteiger partial charge >= 0.3 is 0 Å². The molecular formula is C12H16ClNOS. The summed E-state index contributed by atoms with van der Waals surface area (Å²) in [5.74, 6) is 0. The lowest BCUT2D eigenvalue weighted by Gasteiger charge is -2.47. The van der Waals surface area contributed by atoms with Crippen molar-refractivity contribution in [1.82, 2.24) is 5.32 Å². The molecular weight excluding hydrogens is 242 g/mol. The van der Waals surface area contributed by atoms with Crippen LogP contribution in [0.15, 0.2) is 11.4 Å². The first-order valence-corrected chi connectivity index (χ1v) is 7.19. The van der Waals surface area contributed by atoms with Gasteiger partial charge in [0.15, 0.2) is 0 Å². The molecule has 16 heavy (non-hydrogen) atoms. The van der Waals surface area contributed by atoms with Gasteiger partial charge < -0.3 is 10.1 Å². The second-order valence-corrected chi connectivity index (χ2v) is 6.13. The summed E-state index contributed by atoms with van der Waals surface area (Å²) in [4.78, 5) is 0. The van der Waals surface area contributed by atoms with Gasteiger partial charge in [-0.15, -0.1) is 11.3 Å². The molecule has 2 atom stereocenters. The van der Waals surface area contributed by atoms with Crippen LogP contribution in [0.1, 0.15) is 31.2 Å². The third-order valence-electron chi connectivity index (χ3n) is 3.80. The van der Waals surface area contributed by atoms with E-state index >= 15 is 0 Å². The first-order chi connectivity index (χ1) is 7.83. The van der Waals surface area contributed by atoms with Gasteiger partial charge in [0.2, 0.25) is 0 Å². The summed E-state index contributed by atoms with van der Waals surface area (Å²) in [7, 11) is 0. The number of thiophene rings is 1. The van der Waals surface area contributed by atoms with Crippen LogP contribution in [0, 0.1) is 0 Å². The molecule has 2 nitrogen and oxygen atoms in total. The third-order valence-corrected chi connectivity index (χ3v) is 4.97. The van der Waals surface area contributed by atoms with Crippen molar-refractivity contribution in [3.05, 3.63) is 21.3 Å². The lowest BCUT2D eigenvalue weighted by molar-refractivity contribution is -0.0754. The van der Waals surface area contributed by atoms with Crippen LogP contribution in [0.3, 0.4) is 0 Å². The molecule has 2 fully saturated rings. The van der Waals surface area contributed by atoms with Gasteiger partial charge in [-0.3, -0.25) is 0 Å². The lowest BCUT2D eigenvalue weighted by Crippen LogP contribution is -2.59. The zero-order valence-corrected chi connectivity index (χ0v) is 10.7. The molecule has 0 radical (unpaired) electrons. The second kappa shape index (κ2) is 4.30. The van der Waals surface area contributed by atoms with Gasteiger partial charge in [0.25, 0.3) is 0 Å². The lowest BCUT2D eigenvalue weighted by atomic mass is 9.74. The fraction of sp³-hybridized carbons (Fsp3) is 0.667. The number of morpholine rings is 1. The molecule has 0 aromatic carbocycles. The summed E-state index contributed by atoms with van der Waals surface area (Å²) >= 11 is 7.93. The topological polar surface area (TPSA) is 21.3 Å². The number of halogens is 1. The second-order valence-electron chi connectivity index (χ2n) is 4.61. The average Bonchev–Trinajstić information content (AvgIpc) is 2.76. The Morgan fingerprint density at radius 3 is 3.25 bits per heavy atom. The smallest absolute Gasteiger partial charge is 0.0980 e. The van der Waals surface area contributed by atoms with Crippen LogP contribution in [0.5, 0.6) is 0 Å².